The third-order valence-electron chi connectivity index (χ3n) is 3.16. The van der Waals surface area contributed by atoms with Crippen LogP contribution in [0.4, 0.5) is 0 Å². The van der Waals surface area contributed by atoms with E-state index in [2.05, 4.69) is 15.0 Å². The maximum atomic E-state index is 12.1. The Morgan fingerprint density at radius 2 is 2.04 bits per heavy atom. The largest absolute Gasteiger partial charge is 0.352 e. The number of aromatic nitrogens is 1. The summed E-state index contributed by atoms with van der Waals surface area (Å²) in [5.74, 6) is -0.303. The van der Waals surface area contributed by atoms with Crippen molar-refractivity contribution in [2.45, 2.75) is 18.2 Å². The minimum atomic E-state index is -3.57. The highest BCUT2D eigenvalue weighted by Crippen LogP contribution is 2.11. The zero-order valence-electron chi connectivity index (χ0n) is 12.8. The lowest BCUT2D eigenvalue weighted by atomic mass is 10.2. The summed E-state index contributed by atoms with van der Waals surface area (Å²) in [7, 11) is -3.57. The summed E-state index contributed by atoms with van der Waals surface area (Å²) < 4.78 is 26.3. The topological polar surface area (TPSA) is 88.2 Å². The summed E-state index contributed by atoms with van der Waals surface area (Å²) in [5.41, 5.74) is 1.34. The smallest absolute Gasteiger partial charge is 0.251 e. The fraction of sp³-hybridized carbons (Fsp3) is 0.250. The van der Waals surface area contributed by atoms with Crippen LogP contribution in [0.15, 0.2) is 53.7 Å². The molecule has 0 bridgehead atoms. The lowest BCUT2D eigenvalue weighted by Crippen LogP contribution is -2.27. The second-order valence-electron chi connectivity index (χ2n) is 4.90. The number of rotatable bonds is 7. The Balaban J connectivity index is 2.00. The molecule has 0 aliphatic rings. The zero-order valence-corrected chi connectivity index (χ0v) is 13.6. The second-order valence-corrected chi connectivity index (χ2v) is 6.66. The van der Waals surface area contributed by atoms with Crippen molar-refractivity contribution in [3.05, 3.63) is 59.9 Å². The molecule has 6 nitrogen and oxygen atoms in total. The Morgan fingerprint density at radius 3 is 2.74 bits per heavy atom. The monoisotopic (exact) mass is 333 g/mol. The third kappa shape index (κ3) is 4.87. The molecule has 1 aromatic heterocycles. The van der Waals surface area contributed by atoms with Crippen molar-refractivity contribution in [2.75, 3.05) is 13.1 Å². The van der Waals surface area contributed by atoms with Crippen molar-refractivity contribution in [3.63, 3.8) is 0 Å². The van der Waals surface area contributed by atoms with Gasteiger partial charge in [-0.1, -0.05) is 19.1 Å². The molecule has 1 amide bonds. The first kappa shape index (κ1) is 17.1. The standard InChI is InChI=1S/C16H19N3O3S/c1-2-19-23(21,22)15-7-3-6-14(11-15)16(20)18-10-8-13-5-4-9-17-12-13/h3-7,9,11-12,19H,2,8,10H2,1H3,(H,18,20). The van der Waals surface area contributed by atoms with Gasteiger partial charge in [0.15, 0.2) is 0 Å². The van der Waals surface area contributed by atoms with Gasteiger partial charge >= 0.3 is 0 Å². The highest BCUT2D eigenvalue weighted by Gasteiger charge is 2.14. The van der Waals surface area contributed by atoms with E-state index in [4.69, 9.17) is 0 Å². The van der Waals surface area contributed by atoms with Gasteiger partial charge in [-0.05, 0) is 36.2 Å². The average Bonchev–Trinajstić information content (AvgIpc) is 2.56. The molecule has 23 heavy (non-hydrogen) atoms. The van der Waals surface area contributed by atoms with Gasteiger partial charge in [-0.15, -0.1) is 0 Å². The molecule has 1 heterocycles. The Hall–Kier alpha value is -2.25. The van der Waals surface area contributed by atoms with Gasteiger partial charge in [0.25, 0.3) is 5.91 Å². The molecule has 0 atom stereocenters. The van der Waals surface area contributed by atoms with Gasteiger partial charge in [-0.2, -0.15) is 0 Å². The van der Waals surface area contributed by atoms with Crippen LogP contribution in [0.2, 0.25) is 0 Å². The van der Waals surface area contributed by atoms with E-state index in [1.54, 1.807) is 31.5 Å². The fourth-order valence-corrected chi connectivity index (χ4v) is 3.13. The van der Waals surface area contributed by atoms with Gasteiger partial charge in [0.1, 0.15) is 0 Å². The van der Waals surface area contributed by atoms with Crippen LogP contribution in [-0.2, 0) is 16.4 Å². The van der Waals surface area contributed by atoms with Gasteiger partial charge in [-0.25, -0.2) is 13.1 Å². The van der Waals surface area contributed by atoms with Crippen molar-refractivity contribution < 1.29 is 13.2 Å². The first-order chi connectivity index (χ1) is 11.0. The Labute approximate surface area is 136 Å². The average molecular weight is 333 g/mol. The molecule has 2 aromatic rings. The van der Waals surface area contributed by atoms with Crippen molar-refractivity contribution >= 4 is 15.9 Å². The summed E-state index contributed by atoms with van der Waals surface area (Å²) in [5, 5.41) is 2.78. The van der Waals surface area contributed by atoms with E-state index in [0.29, 0.717) is 25.1 Å². The molecule has 2 N–H and O–H groups in total. The minimum Gasteiger partial charge on any atom is -0.352 e. The van der Waals surface area contributed by atoms with Gasteiger partial charge in [0, 0.05) is 31.0 Å². The summed E-state index contributed by atoms with van der Waals surface area (Å²) in [6, 6.07) is 9.75. The molecule has 0 radical (unpaired) electrons. The molecule has 0 saturated heterocycles. The Morgan fingerprint density at radius 1 is 1.22 bits per heavy atom. The number of carbonyl (C=O) groups excluding carboxylic acids is 1. The van der Waals surface area contributed by atoms with Crippen molar-refractivity contribution in [3.8, 4) is 0 Å². The Kier molecular flexibility index (Phi) is 5.84. The van der Waals surface area contributed by atoms with Crippen LogP contribution in [0.3, 0.4) is 0 Å². The zero-order chi connectivity index (χ0) is 16.7. The molecule has 0 aliphatic heterocycles. The third-order valence-corrected chi connectivity index (χ3v) is 4.71. The molecular weight excluding hydrogens is 314 g/mol. The van der Waals surface area contributed by atoms with E-state index < -0.39 is 10.0 Å². The minimum absolute atomic E-state index is 0.0826. The Bertz CT molecular complexity index is 761. The number of nitrogens with one attached hydrogen (secondary N) is 2. The first-order valence-electron chi connectivity index (χ1n) is 7.30. The molecule has 122 valence electrons. The van der Waals surface area contributed by atoms with Crippen molar-refractivity contribution in [2.24, 2.45) is 0 Å². The molecule has 1 aromatic carbocycles. The van der Waals surface area contributed by atoms with Crippen molar-refractivity contribution in [1.82, 2.24) is 15.0 Å². The number of carbonyl (C=O) groups is 1. The van der Waals surface area contributed by atoms with Crippen LogP contribution in [0, 0.1) is 0 Å². The number of benzene rings is 1. The maximum Gasteiger partial charge on any atom is 0.251 e. The van der Waals surface area contributed by atoms with E-state index in [1.807, 2.05) is 12.1 Å². The van der Waals surface area contributed by atoms with Gasteiger partial charge < -0.3 is 5.32 Å². The lowest BCUT2D eigenvalue weighted by molar-refractivity contribution is 0.0954. The van der Waals surface area contributed by atoms with Gasteiger partial charge in [0.2, 0.25) is 10.0 Å². The molecule has 0 spiro atoms. The van der Waals surface area contributed by atoms with Crippen LogP contribution < -0.4 is 10.0 Å². The molecule has 0 fully saturated rings. The van der Waals surface area contributed by atoms with Crippen LogP contribution in [0.5, 0.6) is 0 Å². The molecule has 7 heteroatoms. The van der Waals surface area contributed by atoms with E-state index in [-0.39, 0.29) is 10.8 Å². The van der Waals surface area contributed by atoms with Crippen molar-refractivity contribution in [1.29, 1.82) is 0 Å². The number of pyridine rings is 1. The number of sulfonamides is 1. The second kappa shape index (κ2) is 7.85. The normalized spacial score (nSPS) is 11.2. The van der Waals surface area contributed by atoms with E-state index in [0.717, 1.165) is 5.56 Å². The molecule has 0 aliphatic carbocycles. The molecule has 2 rings (SSSR count). The summed E-state index contributed by atoms with van der Waals surface area (Å²) in [6.07, 6.45) is 4.10. The number of hydrogen-bond acceptors (Lipinski definition) is 4. The van der Waals surface area contributed by atoms with Crippen LogP contribution in [0.25, 0.3) is 0 Å². The van der Waals surface area contributed by atoms with E-state index in [1.165, 1.54) is 12.1 Å². The summed E-state index contributed by atoms with van der Waals surface area (Å²) >= 11 is 0. The lowest BCUT2D eigenvalue weighted by Gasteiger charge is -2.08. The van der Waals surface area contributed by atoms with Crippen LogP contribution in [0.1, 0.15) is 22.8 Å². The molecular formula is C16H19N3O3S. The number of hydrogen-bond donors (Lipinski definition) is 2. The first-order valence-corrected chi connectivity index (χ1v) is 8.78. The fourth-order valence-electron chi connectivity index (χ4n) is 2.05. The number of amides is 1. The summed E-state index contributed by atoms with van der Waals surface area (Å²) in [6.45, 7) is 2.45. The predicted molar refractivity (Wildman–Crippen MR) is 87.6 cm³/mol. The number of nitrogens with zero attached hydrogens (tertiary/aromatic N) is 1. The molecule has 0 unspecified atom stereocenters. The van der Waals surface area contributed by atoms with Crippen LogP contribution in [-0.4, -0.2) is 32.4 Å². The van der Waals surface area contributed by atoms with E-state index in [9.17, 15) is 13.2 Å². The molecule has 0 saturated carbocycles. The highest BCUT2D eigenvalue weighted by molar-refractivity contribution is 7.89. The van der Waals surface area contributed by atoms with Gasteiger partial charge in [-0.3, -0.25) is 9.78 Å². The maximum absolute atomic E-state index is 12.1. The summed E-state index contributed by atoms with van der Waals surface area (Å²) in [4.78, 5) is 16.2. The van der Waals surface area contributed by atoms with E-state index >= 15 is 0 Å². The SMILES string of the molecule is CCNS(=O)(=O)c1cccc(C(=O)NCCc2cccnc2)c1. The van der Waals surface area contributed by atoms with Gasteiger partial charge in [0.05, 0.1) is 4.90 Å². The highest BCUT2D eigenvalue weighted by atomic mass is 32.2. The van der Waals surface area contributed by atoms with Crippen LogP contribution >= 0.6 is 0 Å². The predicted octanol–water partition coefficient (Wildman–Crippen LogP) is 1.35. The quantitative estimate of drug-likeness (QED) is 0.800.